The Bertz CT molecular complexity index is 263. The number of hydrogen-bond acceptors (Lipinski definition) is 3. The van der Waals surface area contributed by atoms with E-state index in [9.17, 15) is 4.79 Å². The number of ketones is 1. The molecule has 2 rings (SSSR count). The Kier molecular flexibility index (Phi) is 0.974. The lowest BCUT2D eigenvalue weighted by atomic mass is 10.0. The summed E-state index contributed by atoms with van der Waals surface area (Å²) in [4.78, 5) is 10.8. The van der Waals surface area contributed by atoms with E-state index in [-0.39, 0.29) is 11.8 Å². The second-order valence-electron chi connectivity index (χ2n) is 2.27. The van der Waals surface area contributed by atoms with Gasteiger partial charge in [0.05, 0.1) is 12.3 Å². The van der Waals surface area contributed by atoms with Crippen molar-refractivity contribution in [1.29, 1.82) is 0 Å². The highest BCUT2D eigenvalue weighted by molar-refractivity contribution is 6.05. The lowest BCUT2D eigenvalue weighted by molar-refractivity contribution is -0.110. The summed E-state index contributed by atoms with van der Waals surface area (Å²) in [5.41, 5.74) is 3.79. The first-order chi connectivity index (χ1) is 4.86. The van der Waals surface area contributed by atoms with Crippen LogP contribution >= 0.6 is 0 Å². The van der Waals surface area contributed by atoms with Crippen molar-refractivity contribution in [3.8, 4) is 0 Å². The van der Waals surface area contributed by atoms with Gasteiger partial charge in [-0.2, -0.15) is 5.10 Å². The number of rotatable bonds is 0. The first-order valence-electron chi connectivity index (χ1n) is 3.08. The summed E-state index contributed by atoms with van der Waals surface area (Å²) in [6, 6.07) is 0.137. The smallest absolute Gasteiger partial charge is 0.178 e. The van der Waals surface area contributed by atoms with Crippen molar-refractivity contribution < 1.29 is 4.79 Å². The molecule has 0 saturated carbocycles. The third-order valence-corrected chi connectivity index (χ3v) is 1.55. The average Bonchev–Trinajstić information content (AvgIpc) is 2.33. The van der Waals surface area contributed by atoms with Crippen LogP contribution in [0.2, 0.25) is 0 Å². The Balaban J connectivity index is 2.37. The van der Waals surface area contributed by atoms with Crippen LogP contribution in [0.25, 0.3) is 0 Å². The van der Waals surface area contributed by atoms with Crippen molar-refractivity contribution in [3.05, 3.63) is 23.8 Å². The molecule has 3 heteroatoms. The molecule has 0 unspecified atom stereocenters. The predicted octanol–water partition coefficient (Wildman–Crippen LogP) is 0.00930. The van der Waals surface area contributed by atoms with E-state index in [1.807, 2.05) is 6.08 Å². The molecule has 1 heterocycles. The second kappa shape index (κ2) is 1.80. The number of hydrazone groups is 1. The number of nitrogens with zero attached hydrogens (tertiary/aromatic N) is 1. The predicted molar refractivity (Wildman–Crippen MR) is 37.6 cm³/mol. The number of hydrogen-bond donors (Lipinski definition) is 1. The van der Waals surface area contributed by atoms with Gasteiger partial charge < -0.3 is 0 Å². The quantitative estimate of drug-likeness (QED) is 0.507. The van der Waals surface area contributed by atoms with Crippen molar-refractivity contribution in [3.63, 3.8) is 0 Å². The van der Waals surface area contributed by atoms with E-state index >= 15 is 0 Å². The topological polar surface area (TPSA) is 41.5 Å². The van der Waals surface area contributed by atoms with E-state index in [4.69, 9.17) is 0 Å². The fourth-order valence-corrected chi connectivity index (χ4v) is 1.03. The van der Waals surface area contributed by atoms with Crippen LogP contribution in [-0.4, -0.2) is 18.0 Å². The van der Waals surface area contributed by atoms with Crippen molar-refractivity contribution in [1.82, 2.24) is 5.43 Å². The normalized spacial score (nSPS) is 27.8. The SMILES string of the molecule is O=C1C=C[C@H]2NN=CC2=C1. The Hall–Kier alpha value is -1.38. The van der Waals surface area contributed by atoms with E-state index in [2.05, 4.69) is 10.5 Å². The molecule has 1 atom stereocenters. The van der Waals surface area contributed by atoms with Crippen molar-refractivity contribution in [2.75, 3.05) is 0 Å². The van der Waals surface area contributed by atoms with Crippen molar-refractivity contribution in [2.24, 2.45) is 5.10 Å². The number of nitrogens with one attached hydrogen (secondary N) is 1. The van der Waals surface area contributed by atoms with E-state index in [0.717, 1.165) is 5.57 Å². The van der Waals surface area contributed by atoms with Gasteiger partial charge in [0.1, 0.15) is 0 Å². The summed E-state index contributed by atoms with van der Waals surface area (Å²) in [6.07, 6.45) is 6.63. The maximum Gasteiger partial charge on any atom is 0.178 e. The van der Waals surface area contributed by atoms with E-state index in [1.165, 1.54) is 0 Å². The van der Waals surface area contributed by atoms with E-state index < -0.39 is 0 Å². The first-order valence-corrected chi connectivity index (χ1v) is 3.08. The van der Waals surface area contributed by atoms with Crippen molar-refractivity contribution >= 4 is 12.0 Å². The molecule has 0 amide bonds. The highest BCUT2D eigenvalue weighted by Crippen LogP contribution is 2.11. The third-order valence-electron chi connectivity index (χ3n) is 1.55. The van der Waals surface area contributed by atoms with Crippen LogP contribution in [0.3, 0.4) is 0 Å². The molecule has 0 aromatic heterocycles. The van der Waals surface area contributed by atoms with Crippen LogP contribution in [0, 0.1) is 0 Å². The van der Waals surface area contributed by atoms with Gasteiger partial charge in [-0.15, -0.1) is 0 Å². The molecule has 0 bridgehead atoms. The van der Waals surface area contributed by atoms with Gasteiger partial charge >= 0.3 is 0 Å². The Morgan fingerprint density at radius 3 is 3.40 bits per heavy atom. The fourth-order valence-electron chi connectivity index (χ4n) is 1.03. The molecule has 0 radical (unpaired) electrons. The first kappa shape index (κ1) is 5.41. The van der Waals surface area contributed by atoms with Gasteiger partial charge in [-0.05, 0) is 12.2 Å². The summed E-state index contributed by atoms with van der Waals surface area (Å²) in [5.74, 6) is 0.0430. The summed E-state index contributed by atoms with van der Waals surface area (Å²) in [6.45, 7) is 0. The zero-order chi connectivity index (χ0) is 6.97. The molecule has 0 aromatic carbocycles. The zero-order valence-corrected chi connectivity index (χ0v) is 5.24. The standard InChI is InChI=1S/C7H6N2O/c10-6-1-2-7-5(3-6)4-8-9-7/h1-4,7,9H/t7-/m1/s1. The van der Waals surface area contributed by atoms with Gasteiger partial charge in [0.15, 0.2) is 5.78 Å². The molecule has 50 valence electrons. The van der Waals surface area contributed by atoms with Gasteiger partial charge in [-0.3, -0.25) is 10.2 Å². The number of carbonyl (C=O) groups excluding carboxylic acids is 1. The molecule has 3 nitrogen and oxygen atoms in total. The molecule has 0 fully saturated rings. The van der Waals surface area contributed by atoms with Crippen LogP contribution < -0.4 is 5.43 Å². The monoisotopic (exact) mass is 134 g/mol. The molecule has 0 saturated heterocycles. The van der Waals surface area contributed by atoms with Crippen LogP contribution in [0.1, 0.15) is 0 Å². The van der Waals surface area contributed by atoms with Gasteiger partial charge in [-0.25, -0.2) is 0 Å². The van der Waals surface area contributed by atoms with Gasteiger partial charge in [-0.1, -0.05) is 6.08 Å². The Morgan fingerprint density at radius 1 is 1.60 bits per heavy atom. The maximum absolute atomic E-state index is 10.8. The highest BCUT2D eigenvalue weighted by atomic mass is 16.1. The van der Waals surface area contributed by atoms with Crippen LogP contribution in [-0.2, 0) is 4.79 Å². The third kappa shape index (κ3) is 0.673. The highest BCUT2D eigenvalue weighted by Gasteiger charge is 2.17. The molecule has 1 aliphatic heterocycles. The van der Waals surface area contributed by atoms with E-state index in [1.54, 1.807) is 18.4 Å². The molecule has 0 spiro atoms. The zero-order valence-electron chi connectivity index (χ0n) is 5.24. The minimum Gasteiger partial charge on any atom is -0.299 e. The fraction of sp³-hybridized carbons (Fsp3) is 0.143. The summed E-state index contributed by atoms with van der Waals surface area (Å²) in [5, 5.41) is 3.82. The maximum atomic E-state index is 10.8. The summed E-state index contributed by atoms with van der Waals surface area (Å²) in [7, 11) is 0. The molecular formula is C7H6N2O. The van der Waals surface area contributed by atoms with Crippen molar-refractivity contribution in [2.45, 2.75) is 6.04 Å². The molecule has 10 heavy (non-hydrogen) atoms. The average molecular weight is 134 g/mol. The largest absolute Gasteiger partial charge is 0.299 e. The van der Waals surface area contributed by atoms with E-state index in [0.29, 0.717) is 0 Å². The number of fused-ring (bicyclic) bond motifs is 1. The van der Waals surface area contributed by atoms with Gasteiger partial charge in [0.2, 0.25) is 0 Å². The molecular weight excluding hydrogens is 128 g/mol. The molecule has 1 N–H and O–H groups in total. The second-order valence-corrected chi connectivity index (χ2v) is 2.27. The molecule has 1 aliphatic carbocycles. The minimum atomic E-state index is 0.0430. The summed E-state index contributed by atoms with van der Waals surface area (Å²) >= 11 is 0. The Labute approximate surface area is 58.1 Å². The molecule has 0 aromatic rings. The lowest BCUT2D eigenvalue weighted by Gasteiger charge is -2.07. The lowest BCUT2D eigenvalue weighted by Crippen LogP contribution is -2.21. The van der Waals surface area contributed by atoms with Crippen LogP contribution in [0.15, 0.2) is 28.9 Å². The Morgan fingerprint density at radius 2 is 2.50 bits per heavy atom. The summed E-state index contributed by atoms with van der Waals surface area (Å²) < 4.78 is 0. The van der Waals surface area contributed by atoms with Gasteiger partial charge in [0.25, 0.3) is 0 Å². The van der Waals surface area contributed by atoms with Gasteiger partial charge in [0, 0.05) is 5.57 Å². The van der Waals surface area contributed by atoms with Crippen LogP contribution in [0.5, 0.6) is 0 Å². The number of carbonyl (C=O) groups is 1. The minimum absolute atomic E-state index is 0.0430. The number of allylic oxidation sites excluding steroid dienone is 2. The van der Waals surface area contributed by atoms with Crippen LogP contribution in [0.4, 0.5) is 0 Å². The molecule has 2 aliphatic rings.